The molecule has 0 amide bonds. The molecule has 9 heteroatoms. The van der Waals surface area contributed by atoms with Gasteiger partial charge in [0.1, 0.15) is 23.5 Å². The standard InChI is InChI=1S/C22H29NO8/c1-12-6-7-18(27)21(29)17(26)5-3-4-14-8-15(23-10-16(25)11-24)9-19(28)20(14)22(30)31-13(12)2/h3-4,6-9,12-13,16-17,21,23-26,28-29H,5,10-11H2,1-2H3/b4-3+,7-6+/t12-,13+,16?,17+,21-/m1/s1. The monoisotopic (exact) mass is 435 g/mol. The van der Waals surface area contributed by atoms with E-state index in [1.54, 1.807) is 13.8 Å². The fourth-order valence-electron chi connectivity index (χ4n) is 2.89. The first-order valence-electron chi connectivity index (χ1n) is 9.99. The topological polar surface area (TPSA) is 157 Å². The first kappa shape index (κ1) is 24.5. The summed E-state index contributed by atoms with van der Waals surface area (Å²) in [7, 11) is 0. The highest BCUT2D eigenvalue weighted by atomic mass is 16.5. The molecule has 0 radical (unpaired) electrons. The van der Waals surface area contributed by atoms with Crippen molar-refractivity contribution >= 4 is 23.5 Å². The number of nitrogens with one attached hydrogen (secondary N) is 1. The molecule has 0 aliphatic carbocycles. The maximum absolute atomic E-state index is 12.8. The van der Waals surface area contributed by atoms with Gasteiger partial charge in [-0.05, 0) is 31.1 Å². The Morgan fingerprint density at radius 2 is 1.90 bits per heavy atom. The Hall–Kier alpha value is -2.72. The summed E-state index contributed by atoms with van der Waals surface area (Å²) in [6.07, 6.45) is 0.865. The van der Waals surface area contributed by atoms with Crippen LogP contribution in [-0.4, -0.2) is 74.9 Å². The van der Waals surface area contributed by atoms with Crippen molar-refractivity contribution in [2.75, 3.05) is 18.5 Å². The molecule has 0 aromatic heterocycles. The van der Waals surface area contributed by atoms with Gasteiger partial charge in [0, 0.05) is 24.2 Å². The Kier molecular flexibility index (Phi) is 8.76. The molecule has 170 valence electrons. The van der Waals surface area contributed by atoms with Crippen LogP contribution in [0, 0.1) is 5.92 Å². The molecule has 0 saturated heterocycles. The summed E-state index contributed by atoms with van der Waals surface area (Å²) in [6.45, 7) is 2.92. The van der Waals surface area contributed by atoms with Crippen molar-refractivity contribution in [2.24, 2.45) is 5.92 Å². The van der Waals surface area contributed by atoms with Crippen LogP contribution in [0.15, 0.2) is 30.4 Å². The second kappa shape index (κ2) is 11.1. The molecular formula is C22H29NO8. The molecule has 1 aromatic rings. The minimum absolute atomic E-state index is 0.0107. The molecule has 0 bridgehead atoms. The Morgan fingerprint density at radius 3 is 2.58 bits per heavy atom. The summed E-state index contributed by atoms with van der Waals surface area (Å²) < 4.78 is 5.45. The smallest absolute Gasteiger partial charge is 0.342 e. The van der Waals surface area contributed by atoms with Gasteiger partial charge in [0.2, 0.25) is 0 Å². The van der Waals surface area contributed by atoms with Crippen molar-refractivity contribution < 1.29 is 39.9 Å². The number of aliphatic hydroxyl groups excluding tert-OH is 4. The summed E-state index contributed by atoms with van der Waals surface area (Å²) in [5.74, 6) is -2.15. The first-order chi connectivity index (χ1) is 14.6. The molecule has 2 rings (SSSR count). The number of phenolic OH excluding ortho intramolecular Hbond substituents is 1. The molecule has 9 nitrogen and oxygen atoms in total. The van der Waals surface area contributed by atoms with Crippen molar-refractivity contribution in [1.29, 1.82) is 0 Å². The van der Waals surface area contributed by atoms with Crippen molar-refractivity contribution in [3.63, 3.8) is 0 Å². The third kappa shape index (κ3) is 6.63. The van der Waals surface area contributed by atoms with Gasteiger partial charge >= 0.3 is 5.97 Å². The average Bonchev–Trinajstić information content (AvgIpc) is 2.73. The number of esters is 1. The Morgan fingerprint density at radius 1 is 1.19 bits per heavy atom. The van der Waals surface area contributed by atoms with E-state index in [0.29, 0.717) is 5.69 Å². The molecule has 31 heavy (non-hydrogen) atoms. The van der Waals surface area contributed by atoms with Crippen LogP contribution in [0.1, 0.15) is 36.2 Å². The average molecular weight is 435 g/mol. The molecule has 0 saturated carbocycles. The summed E-state index contributed by atoms with van der Waals surface area (Å²) in [5.41, 5.74) is 0.560. The van der Waals surface area contributed by atoms with Crippen LogP contribution in [0.3, 0.4) is 0 Å². The van der Waals surface area contributed by atoms with E-state index in [0.717, 1.165) is 6.08 Å². The number of benzene rings is 1. The van der Waals surface area contributed by atoms with E-state index in [9.17, 15) is 30.0 Å². The normalized spacial score (nSPS) is 28.1. The number of anilines is 1. The zero-order valence-corrected chi connectivity index (χ0v) is 17.4. The van der Waals surface area contributed by atoms with Crippen LogP contribution in [0.2, 0.25) is 0 Å². The van der Waals surface area contributed by atoms with E-state index < -0.39 is 42.8 Å². The highest BCUT2D eigenvalue weighted by Gasteiger charge is 2.25. The number of carbonyl (C=O) groups excluding carboxylic acids is 2. The van der Waals surface area contributed by atoms with Gasteiger partial charge in [0.25, 0.3) is 0 Å². The third-order valence-corrected chi connectivity index (χ3v) is 5.03. The predicted octanol–water partition coefficient (Wildman–Crippen LogP) is 0.603. The number of ketones is 1. The van der Waals surface area contributed by atoms with Crippen LogP contribution < -0.4 is 5.32 Å². The van der Waals surface area contributed by atoms with Gasteiger partial charge in [-0.25, -0.2) is 4.79 Å². The molecule has 5 atom stereocenters. The quantitative estimate of drug-likeness (QED) is 0.373. The second-order valence-electron chi connectivity index (χ2n) is 7.56. The first-order valence-corrected chi connectivity index (χ1v) is 9.99. The van der Waals surface area contributed by atoms with E-state index in [1.807, 2.05) is 0 Å². The van der Waals surface area contributed by atoms with Crippen LogP contribution in [0.5, 0.6) is 5.75 Å². The number of hydrogen-bond donors (Lipinski definition) is 6. The van der Waals surface area contributed by atoms with Crippen LogP contribution in [-0.2, 0) is 9.53 Å². The van der Waals surface area contributed by atoms with Crippen molar-refractivity contribution in [3.05, 3.63) is 41.5 Å². The molecular weight excluding hydrogens is 406 g/mol. The molecule has 1 unspecified atom stereocenters. The van der Waals surface area contributed by atoms with Crippen LogP contribution in [0.25, 0.3) is 6.08 Å². The van der Waals surface area contributed by atoms with E-state index >= 15 is 0 Å². The number of aromatic hydroxyl groups is 1. The van der Waals surface area contributed by atoms with Gasteiger partial charge in [-0.1, -0.05) is 25.2 Å². The number of aliphatic hydroxyl groups is 4. The van der Waals surface area contributed by atoms with Crippen molar-refractivity contribution in [2.45, 2.75) is 44.7 Å². The number of ether oxygens (including phenoxy) is 1. The molecule has 0 fully saturated rings. The van der Waals surface area contributed by atoms with E-state index in [2.05, 4.69) is 5.32 Å². The fraction of sp³-hybridized carbons (Fsp3) is 0.455. The number of fused-ring (bicyclic) bond motifs is 1. The highest BCUT2D eigenvalue weighted by Crippen LogP contribution is 2.30. The van der Waals surface area contributed by atoms with Crippen LogP contribution in [0.4, 0.5) is 5.69 Å². The number of cyclic esters (lactones) is 1. The molecule has 1 aliphatic rings. The van der Waals surface area contributed by atoms with Gasteiger partial charge in [-0.3, -0.25) is 4.79 Å². The van der Waals surface area contributed by atoms with E-state index in [1.165, 1.54) is 30.4 Å². The molecule has 0 spiro atoms. The number of carbonyl (C=O) groups is 2. The van der Waals surface area contributed by atoms with Crippen molar-refractivity contribution in [3.8, 4) is 5.75 Å². The van der Waals surface area contributed by atoms with E-state index in [-0.39, 0.29) is 35.8 Å². The maximum atomic E-state index is 12.8. The van der Waals surface area contributed by atoms with Gasteiger partial charge in [0.05, 0.1) is 18.8 Å². The lowest BCUT2D eigenvalue weighted by Crippen LogP contribution is -2.32. The van der Waals surface area contributed by atoms with Gasteiger partial charge in [-0.15, -0.1) is 0 Å². The van der Waals surface area contributed by atoms with Gasteiger partial charge in [-0.2, -0.15) is 0 Å². The number of hydrogen-bond acceptors (Lipinski definition) is 9. The summed E-state index contributed by atoms with van der Waals surface area (Å²) in [4.78, 5) is 24.8. The Balaban J connectivity index is 2.44. The van der Waals surface area contributed by atoms with Gasteiger partial charge < -0.3 is 35.6 Å². The van der Waals surface area contributed by atoms with Gasteiger partial charge in [0.15, 0.2) is 5.78 Å². The zero-order chi connectivity index (χ0) is 23.1. The Bertz CT molecular complexity index is 850. The van der Waals surface area contributed by atoms with E-state index in [4.69, 9.17) is 9.84 Å². The molecule has 1 heterocycles. The third-order valence-electron chi connectivity index (χ3n) is 5.03. The summed E-state index contributed by atoms with van der Waals surface area (Å²) in [6, 6.07) is 2.83. The highest BCUT2D eigenvalue weighted by molar-refractivity contribution is 5.97. The molecule has 6 N–H and O–H groups in total. The Labute approximate surface area is 180 Å². The minimum Gasteiger partial charge on any atom is -0.507 e. The predicted molar refractivity (Wildman–Crippen MR) is 114 cm³/mol. The lowest BCUT2D eigenvalue weighted by atomic mass is 9.99. The number of phenols is 1. The SMILES string of the molecule is C[C@@H]1/C=C/C(=O)[C@H](O)[C@@H](O)C/C=C/c2cc(NCC(O)CO)cc(O)c2C(=O)O[C@H]1C. The zero-order valence-electron chi connectivity index (χ0n) is 17.4. The maximum Gasteiger partial charge on any atom is 0.342 e. The molecule has 1 aliphatic heterocycles. The van der Waals surface area contributed by atoms with Crippen LogP contribution >= 0.6 is 0 Å². The molecule has 1 aromatic carbocycles. The fourth-order valence-corrected chi connectivity index (χ4v) is 2.89. The minimum atomic E-state index is -1.60. The summed E-state index contributed by atoms with van der Waals surface area (Å²) >= 11 is 0. The largest absolute Gasteiger partial charge is 0.507 e. The van der Waals surface area contributed by atoms with Crippen molar-refractivity contribution in [1.82, 2.24) is 0 Å². The lowest BCUT2D eigenvalue weighted by molar-refractivity contribution is -0.127. The lowest BCUT2D eigenvalue weighted by Gasteiger charge is -2.20. The number of rotatable bonds is 4. The second-order valence-corrected chi connectivity index (χ2v) is 7.56. The summed E-state index contributed by atoms with van der Waals surface area (Å²) in [5, 5.41) is 51.9.